The van der Waals surface area contributed by atoms with E-state index in [2.05, 4.69) is 37.9 Å². The summed E-state index contributed by atoms with van der Waals surface area (Å²) >= 11 is 0. The van der Waals surface area contributed by atoms with E-state index in [-0.39, 0.29) is 11.9 Å². The predicted molar refractivity (Wildman–Crippen MR) is 116 cm³/mol. The molecule has 0 saturated heterocycles. The van der Waals surface area contributed by atoms with E-state index in [0.717, 1.165) is 17.0 Å². The van der Waals surface area contributed by atoms with Crippen molar-refractivity contribution in [1.29, 1.82) is 0 Å². The van der Waals surface area contributed by atoms with Crippen molar-refractivity contribution in [3.8, 4) is 11.5 Å². The molecule has 0 saturated carbocycles. The van der Waals surface area contributed by atoms with Crippen molar-refractivity contribution >= 4 is 23.6 Å². The van der Waals surface area contributed by atoms with Gasteiger partial charge in [0.2, 0.25) is 0 Å². The van der Waals surface area contributed by atoms with Crippen LogP contribution < -0.4 is 14.5 Å². The molecule has 0 fully saturated rings. The Bertz CT molecular complexity index is 1110. The van der Waals surface area contributed by atoms with Crippen molar-refractivity contribution in [3.63, 3.8) is 0 Å². The molecule has 3 aromatic rings. The van der Waals surface area contributed by atoms with Crippen LogP contribution in [0.1, 0.15) is 25.0 Å². The van der Waals surface area contributed by atoms with Crippen LogP contribution in [0.25, 0.3) is 6.08 Å². The molecule has 1 aliphatic rings. The fourth-order valence-electron chi connectivity index (χ4n) is 3.16. The number of hydrogen-bond acceptors (Lipinski definition) is 7. The van der Waals surface area contributed by atoms with Crippen molar-refractivity contribution in [2.24, 2.45) is 5.10 Å². The highest BCUT2D eigenvalue weighted by molar-refractivity contribution is 6.31. The van der Waals surface area contributed by atoms with E-state index in [9.17, 15) is 4.79 Å². The summed E-state index contributed by atoms with van der Waals surface area (Å²) in [6.07, 6.45) is 2.56. The van der Waals surface area contributed by atoms with E-state index in [4.69, 9.17) is 9.47 Å². The van der Waals surface area contributed by atoms with Gasteiger partial charge in [-0.3, -0.25) is 4.79 Å². The van der Waals surface area contributed by atoms with Gasteiger partial charge in [-0.15, -0.1) is 5.10 Å². The number of carbonyl (C=O) groups excluding carboxylic acids is 1. The number of rotatable bonds is 8. The van der Waals surface area contributed by atoms with Crippen LogP contribution in [-0.4, -0.2) is 45.5 Å². The van der Waals surface area contributed by atoms with Crippen LogP contribution in [0.15, 0.2) is 59.2 Å². The zero-order chi connectivity index (χ0) is 21.6. The highest BCUT2D eigenvalue weighted by atomic mass is 16.5. The third-order valence-electron chi connectivity index (χ3n) is 4.66. The highest BCUT2D eigenvalue weighted by Gasteiger charge is 2.31. The van der Waals surface area contributed by atoms with Gasteiger partial charge < -0.3 is 9.47 Å². The smallest absolute Gasteiger partial charge is 0.293 e. The third kappa shape index (κ3) is 4.61. The average molecular weight is 418 g/mol. The number of hydrazone groups is 1. The molecule has 0 atom stereocenters. The summed E-state index contributed by atoms with van der Waals surface area (Å²) in [6, 6.07) is 15.7. The Kier molecular flexibility index (Phi) is 6.02. The van der Waals surface area contributed by atoms with Gasteiger partial charge in [0, 0.05) is 6.42 Å². The molecule has 0 aliphatic carbocycles. The molecule has 1 amide bonds. The van der Waals surface area contributed by atoms with Crippen molar-refractivity contribution in [3.05, 3.63) is 65.2 Å². The van der Waals surface area contributed by atoms with E-state index >= 15 is 0 Å². The molecule has 9 nitrogen and oxygen atoms in total. The van der Waals surface area contributed by atoms with E-state index in [1.807, 2.05) is 43.3 Å². The number of aromatic amines is 1. The standard InChI is InChI=1S/C22H22N6O3/c1-3-30-20-14-17(9-10-19(20)31-12-11-16-7-5-4-6-8-16)13-18-15(2)25-28(21(18)29)22-23-26-27-24-22/h4-10,13-14H,3,11-12H2,1-2H3,(H,23,24,26,27)/b18-13-. The van der Waals surface area contributed by atoms with Gasteiger partial charge in [-0.1, -0.05) is 41.5 Å². The van der Waals surface area contributed by atoms with Crippen LogP contribution in [0.5, 0.6) is 11.5 Å². The van der Waals surface area contributed by atoms with Gasteiger partial charge in [0.15, 0.2) is 11.5 Å². The normalized spacial score (nSPS) is 14.8. The Balaban J connectivity index is 1.51. The van der Waals surface area contributed by atoms with Crippen molar-refractivity contribution in [2.45, 2.75) is 20.3 Å². The van der Waals surface area contributed by atoms with Gasteiger partial charge in [0.25, 0.3) is 11.9 Å². The number of anilines is 1. The lowest BCUT2D eigenvalue weighted by Gasteiger charge is -2.13. The van der Waals surface area contributed by atoms with Crippen molar-refractivity contribution < 1.29 is 14.3 Å². The Labute approximate surface area is 179 Å². The first-order valence-corrected chi connectivity index (χ1v) is 9.94. The zero-order valence-corrected chi connectivity index (χ0v) is 17.3. The third-order valence-corrected chi connectivity index (χ3v) is 4.66. The van der Waals surface area contributed by atoms with Gasteiger partial charge >= 0.3 is 0 Å². The lowest BCUT2D eigenvalue weighted by molar-refractivity contribution is -0.114. The first-order chi connectivity index (χ1) is 15.2. The number of amides is 1. The quantitative estimate of drug-likeness (QED) is 0.564. The van der Waals surface area contributed by atoms with Gasteiger partial charge in [0.1, 0.15) is 0 Å². The second-order valence-corrected chi connectivity index (χ2v) is 6.80. The molecular formula is C22H22N6O3. The van der Waals surface area contributed by atoms with Crippen LogP contribution in [0.2, 0.25) is 0 Å². The Morgan fingerprint density at radius 3 is 2.68 bits per heavy atom. The van der Waals surface area contributed by atoms with E-state index in [1.165, 1.54) is 5.56 Å². The second kappa shape index (κ2) is 9.21. The highest BCUT2D eigenvalue weighted by Crippen LogP contribution is 2.30. The van der Waals surface area contributed by atoms with Crippen LogP contribution in [0.3, 0.4) is 0 Å². The summed E-state index contributed by atoms with van der Waals surface area (Å²) in [5.74, 6) is 1.07. The molecule has 0 spiro atoms. The number of nitrogens with zero attached hydrogens (tertiary/aromatic N) is 5. The van der Waals surface area contributed by atoms with Crippen LogP contribution in [-0.2, 0) is 11.2 Å². The minimum Gasteiger partial charge on any atom is -0.490 e. The van der Waals surface area contributed by atoms with Gasteiger partial charge in [-0.2, -0.15) is 15.3 Å². The number of hydrogen-bond donors (Lipinski definition) is 1. The summed E-state index contributed by atoms with van der Waals surface area (Å²) in [5, 5.41) is 18.8. The maximum atomic E-state index is 12.7. The Morgan fingerprint density at radius 1 is 1.10 bits per heavy atom. The summed E-state index contributed by atoms with van der Waals surface area (Å²) in [4.78, 5) is 12.7. The molecule has 2 heterocycles. The Hall–Kier alpha value is -4.01. The summed E-state index contributed by atoms with van der Waals surface area (Å²) in [5.41, 5.74) is 3.02. The van der Waals surface area contributed by atoms with E-state index in [0.29, 0.717) is 36.0 Å². The number of aromatic nitrogens is 4. The first kappa shape index (κ1) is 20.3. The minimum atomic E-state index is -0.319. The Morgan fingerprint density at radius 2 is 1.94 bits per heavy atom. The van der Waals surface area contributed by atoms with Gasteiger partial charge in [-0.25, -0.2) is 0 Å². The maximum absolute atomic E-state index is 12.7. The zero-order valence-electron chi connectivity index (χ0n) is 17.3. The molecule has 158 valence electrons. The number of tetrazole rings is 1. The molecule has 2 aromatic carbocycles. The van der Waals surface area contributed by atoms with E-state index in [1.54, 1.807) is 13.0 Å². The SMILES string of the molecule is CCOc1cc(/C=C2\C(=O)N(c3nn[nH]n3)N=C2C)ccc1OCCc1ccccc1. The first-order valence-electron chi connectivity index (χ1n) is 9.94. The number of carbonyl (C=O) groups is 1. The predicted octanol–water partition coefficient (Wildman–Crippen LogP) is 3.03. The van der Waals surface area contributed by atoms with Crippen LogP contribution in [0, 0.1) is 0 Å². The molecule has 1 N–H and O–H groups in total. The number of ether oxygens (including phenoxy) is 2. The largest absolute Gasteiger partial charge is 0.490 e. The van der Waals surface area contributed by atoms with Crippen molar-refractivity contribution in [2.75, 3.05) is 18.2 Å². The fraction of sp³-hybridized carbons (Fsp3) is 0.227. The molecule has 31 heavy (non-hydrogen) atoms. The lowest BCUT2D eigenvalue weighted by atomic mass is 10.1. The van der Waals surface area contributed by atoms with E-state index < -0.39 is 0 Å². The van der Waals surface area contributed by atoms with Crippen molar-refractivity contribution in [1.82, 2.24) is 20.6 Å². The molecule has 4 rings (SSSR count). The molecule has 0 bridgehead atoms. The molecule has 0 unspecified atom stereocenters. The minimum absolute atomic E-state index is 0.102. The molecule has 9 heteroatoms. The number of H-pyrrole nitrogens is 1. The van der Waals surface area contributed by atoms with Crippen LogP contribution >= 0.6 is 0 Å². The average Bonchev–Trinajstić information content (AvgIpc) is 3.40. The topological polar surface area (TPSA) is 106 Å². The monoisotopic (exact) mass is 418 g/mol. The summed E-state index contributed by atoms with van der Waals surface area (Å²) in [6.45, 7) is 4.71. The molecule has 1 aliphatic heterocycles. The summed E-state index contributed by atoms with van der Waals surface area (Å²) in [7, 11) is 0. The van der Waals surface area contributed by atoms with Gasteiger partial charge in [-0.05, 0) is 48.4 Å². The number of benzene rings is 2. The summed E-state index contributed by atoms with van der Waals surface area (Å²) < 4.78 is 11.7. The molecule has 1 aromatic heterocycles. The lowest BCUT2D eigenvalue weighted by Crippen LogP contribution is -2.22. The van der Waals surface area contributed by atoms with Crippen LogP contribution in [0.4, 0.5) is 5.95 Å². The van der Waals surface area contributed by atoms with Gasteiger partial charge in [0.05, 0.1) is 24.5 Å². The molecular weight excluding hydrogens is 396 g/mol. The fourth-order valence-corrected chi connectivity index (χ4v) is 3.16. The molecule has 0 radical (unpaired) electrons. The number of nitrogens with one attached hydrogen (secondary N) is 1. The second-order valence-electron chi connectivity index (χ2n) is 6.80. The maximum Gasteiger partial charge on any atom is 0.293 e.